The predicted molar refractivity (Wildman–Crippen MR) is 135 cm³/mol. The van der Waals surface area contributed by atoms with Crippen LogP contribution in [0.25, 0.3) is 17.1 Å². The number of pyridine rings is 1. The van der Waals surface area contributed by atoms with Gasteiger partial charge in [-0.05, 0) is 55.2 Å². The van der Waals surface area contributed by atoms with E-state index in [1.165, 1.54) is 16.9 Å². The quantitative estimate of drug-likeness (QED) is 0.328. The summed E-state index contributed by atoms with van der Waals surface area (Å²) >= 11 is 0. The van der Waals surface area contributed by atoms with E-state index >= 15 is 0 Å². The second kappa shape index (κ2) is 10.7. The van der Waals surface area contributed by atoms with Gasteiger partial charge >= 0.3 is 0 Å². The van der Waals surface area contributed by atoms with Gasteiger partial charge in [-0.25, -0.2) is 14.1 Å². The van der Waals surface area contributed by atoms with Crippen molar-refractivity contribution in [1.29, 1.82) is 0 Å². The van der Waals surface area contributed by atoms with Crippen molar-refractivity contribution in [3.63, 3.8) is 0 Å². The van der Waals surface area contributed by atoms with Crippen LogP contribution in [0.4, 0.5) is 4.39 Å². The van der Waals surface area contributed by atoms with E-state index in [-0.39, 0.29) is 23.8 Å². The van der Waals surface area contributed by atoms with Gasteiger partial charge in [-0.3, -0.25) is 9.59 Å². The molecular formula is C28H26FN5O3. The number of rotatable bonds is 9. The van der Waals surface area contributed by atoms with Crippen molar-refractivity contribution in [2.24, 2.45) is 0 Å². The molecule has 0 radical (unpaired) electrons. The van der Waals surface area contributed by atoms with Crippen LogP contribution in [0.15, 0.2) is 85.2 Å². The lowest BCUT2D eigenvalue weighted by atomic mass is 10.00. The molecule has 1 saturated carbocycles. The molecule has 2 aromatic heterocycles. The fourth-order valence-electron chi connectivity index (χ4n) is 4.06. The summed E-state index contributed by atoms with van der Waals surface area (Å²) in [5.41, 5.74) is 1.78. The third kappa shape index (κ3) is 5.73. The second-order valence-corrected chi connectivity index (χ2v) is 9.00. The number of aliphatic hydroxyl groups is 1. The summed E-state index contributed by atoms with van der Waals surface area (Å²) in [7, 11) is 0. The summed E-state index contributed by atoms with van der Waals surface area (Å²) in [6, 6.07) is 19.6. The number of amides is 2. The Kier molecular flexibility index (Phi) is 7.04. The van der Waals surface area contributed by atoms with Crippen LogP contribution in [0.5, 0.6) is 0 Å². The number of hydrogen-bond acceptors (Lipinski definition) is 5. The zero-order valence-corrected chi connectivity index (χ0v) is 19.9. The summed E-state index contributed by atoms with van der Waals surface area (Å²) in [6.45, 7) is 0. The molecule has 2 unspecified atom stereocenters. The maximum absolute atomic E-state index is 14.3. The Morgan fingerprint density at radius 3 is 2.54 bits per heavy atom. The van der Waals surface area contributed by atoms with E-state index in [1.54, 1.807) is 42.6 Å². The van der Waals surface area contributed by atoms with Crippen LogP contribution in [-0.2, 0) is 11.2 Å². The van der Waals surface area contributed by atoms with Gasteiger partial charge in [0.2, 0.25) is 0 Å². The Labute approximate surface area is 213 Å². The normalized spacial score (nSPS) is 14.5. The van der Waals surface area contributed by atoms with Crippen LogP contribution in [0.3, 0.4) is 0 Å². The molecule has 1 fully saturated rings. The Morgan fingerprint density at radius 2 is 1.78 bits per heavy atom. The molecule has 1 aliphatic rings. The SMILES string of the molecule is O=C(NC(Cc1ccccc1)C(O)C(=O)NC1CC1)c1cccnc1-n1ccc(-c2ccccc2F)n1. The monoisotopic (exact) mass is 499 g/mol. The number of halogens is 1. The van der Waals surface area contributed by atoms with Gasteiger partial charge in [-0.2, -0.15) is 5.10 Å². The first-order chi connectivity index (χ1) is 18.0. The number of aliphatic hydroxyl groups excluding tert-OH is 1. The topological polar surface area (TPSA) is 109 Å². The molecule has 0 spiro atoms. The minimum absolute atomic E-state index is 0.0728. The molecule has 3 N–H and O–H groups in total. The van der Waals surface area contributed by atoms with Crippen molar-refractivity contribution in [2.45, 2.75) is 37.5 Å². The zero-order chi connectivity index (χ0) is 25.8. The van der Waals surface area contributed by atoms with Crippen LogP contribution in [0.2, 0.25) is 0 Å². The number of nitrogens with one attached hydrogen (secondary N) is 2. The molecule has 5 rings (SSSR count). The van der Waals surface area contributed by atoms with Crippen molar-refractivity contribution in [2.75, 3.05) is 0 Å². The highest BCUT2D eigenvalue weighted by Gasteiger charge is 2.32. The molecule has 2 amide bonds. The minimum atomic E-state index is -1.44. The highest BCUT2D eigenvalue weighted by atomic mass is 19.1. The fraction of sp³-hybridized carbons (Fsp3) is 0.214. The van der Waals surface area contributed by atoms with Gasteiger partial charge in [-0.15, -0.1) is 0 Å². The number of benzene rings is 2. The number of aromatic nitrogens is 3. The third-order valence-electron chi connectivity index (χ3n) is 6.18. The van der Waals surface area contributed by atoms with Crippen molar-refractivity contribution in [3.8, 4) is 17.1 Å². The average Bonchev–Trinajstić information content (AvgIpc) is 3.60. The third-order valence-corrected chi connectivity index (χ3v) is 6.18. The van der Waals surface area contributed by atoms with Gasteiger partial charge in [0, 0.05) is 24.0 Å². The van der Waals surface area contributed by atoms with Crippen molar-refractivity contribution >= 4 is 11.8 Å². The molecule has 2 heterocycles. The molecule has 1 aliphatic carbocycles. The number of carbonyl (C=O) groups is 2. The van der Waals surface area contributed by atoms with E-state index < -0.39 is 29.8 Å². The van der Waals surface area contributed by atoms with E-state index in [2.05, 4.69) is 20.7 Å². The van der Waals surface area contributed by atoms with Crippen LogP contribution in [0.1, 0.15) is 28.8 Å². The first-order valence-corrected chi connectivity index (χ1v) is 12.1. The standard InChI is InChI=1S/C28H26FN5O3/c29-22-11-5-4-9-20(22)23-14-16-34(33-23)26-21(10-6-15-30-26)27(36)32-24(17-18-7-2-1-3-8-18)25(35)28(37)31-19-12-13-19/h1-11,14-16,19,24-25,35H,12-13,17H2,(H,31,37)(H,32,36). The maximum Gasteiger partial charge on any atom is 0.255 e. The lowest BCUT2D eigenvalue weighted by Gasteiger charge is -2.24. The zero-order valence-electron chi connectivity index (χ0n) is 19.9. The first kappa shape index (κ1) is 24.3. The van der Waals surface area contributed by atoms with Crippen molar-refractivity contribution in [3.05, 3.63) is 102 Å². The molecule has 0 aliphatic heterocycles. The molecule has 9 heteroatoms. The summed E-state index contributed by atoms with van der Waals surface area (Å²) < 4.78 is 15.7. The summed E-state index contributed by atoms with van der Waals surface area (Å²) in [5.74, 6) is -1.21. The van der Waals surface area contributed by atoms with Gasteiger partial charge in [0.15, 0.2) is 11.9 Å². The van der Waals surface area contributed by atoms with Crippen LogP contribution < -0.4 is 10.6 Å². The molecule has 0 saturated heterocycles. The van der Waals surface area contributed by atoms with Crippen molar-refractivity contribution < 1.29 is 19.1 Å². The largest absolute Gasteiger partial charge is 0.381 e. The summed E-state index contributed by atoms with van der Waals surface area (Å²) in [6.07, 6.45) is 3.69. The Hall–Kier alpha value is -4.37. The molecule has 2 atom stereocenters. The van der Waals surface area contributed by atoms with E-state index in [0.717, 1.165) is 18.4 Å². The van der Waals surface area contributed by atoms with Crippen LogP contribution in [-0.4, -0.2) is 49.9 Å². The number of hydrogen-bond donors (Lipinski definition) is 3. The Bertz CT molecular complexity index is 1400. The van der Waals surface area contributed by atoms with Crippen molar-refractivity contribution in [1.82, 2.24) is 25.4 Å². The molecule has 188 valence electrons. The number of nitrogens with zero attached hydrogens (tertiary/aromatic N) is 3. The summed E-state index contributed by atoms with van der Waals surface area (Å²) in [5, 5.41) is 20.9. The van der Waals surface area contributed by atoms with Gasteiger partial charge in [0.25, 0.3) is 11.8 Å². The molecule has 0 bridgehead atoms. The highest BCUT2D eigenvalue weighted by molar-refractivity contribution is 5.97. The van der Waals surface area contributed by atoms with E-state index in [9.17, 15) is 19.1 Å². The minimum Gasteiger partial charge on any atom is -0.381 e. The average molecular weight is 500 g/mol. The molecule has 2 aromatic carbocycles. The second-order valence-electron chi connectivity index (χ2n) is 9.00. The fourth-order valence-corrected chi connectivity index (χ4v) is 4.06. The lowest BCUT2D eigenvalue weighted by Crippen LogP contribution is -2.52. The van der Waals surface area contributed by atoms with E-state index in [4.69, 9.17) is 0 Å². The first-order valence-electron chi connectivity index (χ1n) is 12.1. The van der Waals surface area contributed by atoms with E-state index in [1.807, 2.05) is 30.3 Å². The van der Waals surface area contributed by atoms with Gasteiger partial charge in [-0.1, -0.05) is 42.5 Å². The Morgan fingerprint density at radius 1 is 1.03 bits per heavy atom. The highest BCUT2D eigenvalue weighted by Crippen LogP contribution is 2.22. The maximum atomic E-state index is 14.3. The smallest absolute Gasteiger partial charge is 0.255 e. The van der Waals surface area contributed by atoms with E-state index in [0.29, 0.717) is 11.3 Å². The lowest BCUT2D eigenvalue weighted by molar-refractivity contribution is -0.130. The molecular weight excluding hydrogens is 473 g/mol. The van der Waals surface area contributed by atoms with Crippen LogP contribution >= 0.6 is 0 Å². The number of carbonyl (C=O) groups excluding carboxylic acids is 2. The molecule has 8 nitrogen and oxygen atoms in total. The predicted octanol–water partition coefficient (Wildman–Crippen LogP) is 3.05. The van der Waals surface area contributed by atoms with Gasteiger partial charge in [0.1, 0.15) is 5.82 Å². The van der Waals surface area contributed by atoms with Gasteiger partial charge in [0.05, 0.1) is 17.3 Å². The molecule has 37 heavy (non-hydrogen) atoms. The summed E-state index contributed by atoms with van der Waals surface area (Å²) in [4.78, 5) is 30.4. The Balaban J connectivity index is 1.40. The van der Waals surface area contributed by atoms with Gasteiger partial charge < -0.3 is 15.7 Å². The molecule has 4 aromatic rings. The van der Waals surface area contributed by atoms with Crippen LogP contribution in [0, 0.1) is 5.82 Å².